The van der Waals surface area contributed by atoms with E-state index in [-0.39, 0.29) is 5.91 Å². The summed E-state index contributed by atoms with van der Waals surface area (Å²) in [6, 6.07) is 11.5. The molecule has 0 radical (unpaired) electrons. The number of aromatic nitrogens is 3. The van der Waals surface area contributed by atoms with Crippen molar-refractivity contribution in [3.63, 3.8) is 0 Å². The molecule has 0 spiro atoms. The molecule has 1 N–H and O–H groups in total. The van der Waals surface area contributed by atoms with Crippen LogP contribution in [0.25, 0.3) is 5.69 Å². The number of halogens is 1. The van der Waals surface area contributed by atoms with Gasteiger partial charge >= 0.3 is 0 Å². The van der Waals surface area contributed by atoms with E-state index in [4.69, 9.17) is 11.6 Å². The van der Waals surface area contributed by atoms with Gasteiger partial charge in [0.1, 0.15) is 0 Å². The second kappa shape index (κ2) is 6.69. The first-order chi connectivity index (χ1) is 11.9. The summed E-state index contributed by atoms with van der Waals surface area (Å²) in [5.41, 5.74) is 5.61. The van der Waals surface area contributed by atoms with Gasteiger partial charge in [0.05, 0.1) is 11.4 Å². The Morgan fingerprint density at radius 1 is 1.04 bits per heavy atom. The lowest BCUT2D eigenvalue weighted by atomic mass is 10.1. The highest BCUT2D eigenvalue weighted by Gasteiger charge is 2.19. The van der Waals surface area contributed by atoms with Gasteiger partial charge in [0.15, 0.2) is 5.69 Å². The number of benzene rings is 2. The quantitative estimate of drug-likeness (QED) is 0.758. The predicted octanol–water partition coefficient (Wildman–Crippen LogP) is 4.41. The Labute approximate surface area is 151 Å². The van der Waals surface area contributed by atoms with Gasteiger partial charge in [0.2, 0.25) is 0 Å². The highest BCUT2D eigenvalue weighted by Crippen LogP contribution is 2.22. The van der Waals surface area contributed by atoms with Crippen LogP contribution >= 0.6 is 11.6 Å². The molecule has 0 fully saturated rings. The van der Waals surface area contributed by atoms with Crippen molar-refractivity contribution < 1.29 is 4.79 Å². The van der Waals surface area contributed by atoms with Crippen molar-refractivity contribution >= 4 is 23.2 Å². The minimum absolute atomic E-state index is 0.280. The van der Waals surface area contributed by atoms with Gasteiger partial charge in [-0.15, -0.1) is 5.10 Å². The number of carbonyl (C=O) groups excluding carboxylic acids is 1. The van der Waals surface area contributed by atoms with Gasteiger partial charge in [-0.25, -0.2) is 4.68 Å². The summed E-state index contributed by atoms with van der Waals surface area (Å²) in [7, 11) is 0. The maximum atomic E-state index is 12.6. The number of rotatable bonds is 3. The van der Waals surface area contributed by atoms with Crippen LogP contribution in [0.5, 0.6) is 0 Å². The van der Waals surface area contributed by atoms with E-state index < -0.39 is 0 Å². The molecule has 1 amide bonds. The molecule has 0 aliphatic heterocycles. The Balaban J connectivity index is 1.94. The molecular formula is C19H19ClN4O. The SMILES string of the molecule is Cc1ccc(C)c(NC(=O)c2nnn(-c3cc(Cl)ccc3C)c2C)c1. The molecular weight excluding hydrogens is 336 g/mol. The van der Waals surface area contributed by atoms with Crippen LogP contribution in [0.3, 0.4) is 0 Å². The van der Waals surface area contributed by atoms with Gasteiger partial charge in [0.25, 0.3) is 5.91 Å². The van der Waals surface area contributed by atoms with Gasteiger partial charge in [-0.2, -0.15) is 0 Å². The van der Waals surface area contributed by atoms with Crippen molar-refractivity contribution in [2.45, 2.75) is 27.7 Å². The molecule has 6 heteroatoms. The summed E-state index contributed by atoms with van der Waals surface area (Å²) in [4.78, 5) is 12.6. The van der Waals surface area contributed by atoms with Crippen LogP contribution in [-0.4, -0.2) is 20.9 Å². The standard InChI is InChI=1S/C19H19ClN4O/c1-11-5-6-12(2)16(9-11)21-19(25)18-14(4)24(23-22-18)17-10-15(20)8-7-13(17)3/h5-10H,1-4H3,(H,21,25). The molecule has 3 aromatic rings. The molecule has 0 bridgehead atoms. The average Bonchev–Trinajstić information content (AvgIpc) is 2.95. The van der Waals surface area contributed by atoms with E-state index in [0.29, 0.717) is 16.4 Å². The third-order valence-corrected chi connectivity index (χ3v) is 4.39. The molecule has 0 atom stereocenters. The molecule has 0 saturated carbocycles. The summed E-state index contributed by atoms with van der Waals surface area (Å²) in [5, 5.41) is 11.7. The van der Waals surface area contributed by atoms with Crippen molar-refractivity contribution in [3.8, 4) is 5.69 Å². The lowest BCUT2D eigenvalue weighted by Crippen LogP contribution is -2.15. The minimum atomic E-state index is -0.280. The summed E-state index contributed by atoms with van der Waals surface area (Å²) >= 11 is 6.09. The van der Waals surface area contributed by atoms with Crippen LogP contribution in [-0.2, 0) is 0 Å². The molecule has 5 nitrogen and oxygen atoms in total. The fraction of sp³-hybridized carbons (Fsp3) is 0.211. The largest absolute Gasteiger partial charge is 0.320 e. The zero-order chi connectivity index (χ0) is 18.1. The lowest BCUT2D eigenvalue weighted by Gasteiger charge is -2.09. The van der Waals surface area contributed by atoms with Crippen molar-refractivity contribution in [2.24, 2.45) is 0 Å². The summed E-state index contributed by atoms with van der Waals surface area (Å²) in [6.45, 7) is 7.72. The summed E-state index contributed by atoms with van der Waals surface area (Å²) in [6.07, 6.45) is 0. The zero-order valence-corrected chi connectivity index (χ0v) is 15.3. The van der Waals surface area contributed by atoms with Crippen molar-refractivity contribution in [1.29, 1.82) is 0 Å². The number of nitrogens with zero attached hydrogens (tertiary/aromatic N) is 3. The highest BCUT2D eigenvalue weighted by atomic mass is 35.5. The van der Waals surface area contributed by atoms with Gasteiger partial charge in [0, 0.05) is 10.7 Å². The van der Waals surface area contributed by atoms with Crippen LogP contribution < -0.4 is 5.32 Å². The first-order valence-corrected chi connectivity index (χ1v) is 8.32. The van der Waals surface area contributed by atoms with Crippen LogP contribution in [0.15, 0.2) is 36.4 Å². The van der Waals surface area contributed by atoms with E-state index in [2.05, 4.69) is 15.6 Å². The third-order valence-electron chi connectivity index (χ3n) is 4.15. The molecule has 1 heterocycles. The summed E-state index contributed by atoms with van der Waals surface area (Å²) < 4.78 is 1.64. The maximum absolute atomic E-state index is 12.6. The molecule has 0 aliphatic carbocycles. The van der Waals surface area contributed by atoms with E-state index in [1.807, 2.05) is 64.1 Å². The smallest absolute Gasteiger partial charge is 0.278 e. The summed E-state index contributed by atoms with van der Waals surface area (Å²) in [5.74, 6) is -0.280. The van der Waals surface area contributed by atoms with E-state index in [1.54, 1.807) is 4.68 Å². The Morgan fingerprint density at radius 2 is 1.76 bits per heavy atom. The number of aryl methyl sites for hydroxylation is 3. The molecule has 3 rings (SSSR count). The Morgan fingerprint density at radius 3 is 2.52 bits per heavy atom. The van der Waals surface area contributed by atoms with Gasteiger partial charge in [-0.1, -0.05) is 35.0 Å². The average molecular weight is 355 g/mol. The molecule has 25 heavy (non-hydrogen) atoms. The predicted molar refractivity (Wildman–Crippen MR) is 99.7 cm³/mol. The third kappa shape index (κ3) is 3.42. The molecule has 2 aromatic carbocycles. The minimum Gasteiger partial charge on any atom is -0.320 e. The topological polar surface area (TPSA) is 59.8 Å². The second-order valence-electron chi connectivity index (χ2n) is 6.14. The van der Waals surface area contributed by atoms with Gasteiger partial charge in [-0.05, 0) is 62.6 Å². The number of hydrogen-bond acceptors (Lipinski definition) is 3. The molecule has 0 saturated heterocycles. The van der Waals surface area contributed by atoms with Crippen molar-refractivity contribution in [2.75, 3.05) is 5.32 Å². The van der Waals surface area contributed by atoms with Crippen LogP contribution in [0.4, 0.5) is 5.69 Å². The van der Waals surface area contributed by atoms with Crippen LogP contribution in [0, 0.1) is 27.7 Å². The fourth-order valence-corrected chi connectivity index (χ4v) is 2.80. The van der Waals surface area contributed by atoms with E-state index in [1.165, 1.54) is 0 Å². The van der Waals surface area contributed by atoms with Gasteiger partial charge in [-0.3, -0.25) is 4.79 Å². The highest BCUT2D eigenvalue weighted by molar-refractivity contribution is 6.30. The normalized spacial score (nSPS) is 10.8. The number of carbonyl (C=O) groups is 1. The molecule has 0 unspecified atom stereocenters. The lowest BCUT2D eigenvalue weighted by molar-refractivity contribution is 0.102. The fourth-order valence-electron chi connectivity index (χ4n) is 2.63. The van der Waals surface area contributed by atoms with Gasteiger partial charge < -0.3 is 5.32 Å². The van der Waals surface area contributed by atoms with E-state index >= 15 is 0 Å². The molecule has 1 aromatic heterocycles. The molecule has 128 valence electrons. The molecule has 0 aliphatic rings. The first-order valence-electron chi connectivity index (χ1n) is 7.94. The maximum Gasteiger partial charge on any atom is 0.278 e. The van der Waals surface area contributed by atoms with Crippen LogP contribution in [0.2, 0.25) is 5.02 Å². The monoisotopic (exact) mass is 354 g/mol. The Kier molecular flexibility index (Phi) is 4.59. The number of amides is 1. The Bertz CT molecular complexity index is 962. The first kappa shape index (κ1) is 17.2. The Hall–Kier alpha value is -2.66. The van der Waals surface area contributed by atoms with Crippen LogP contribution in [0.1, 0.15) is 32.9 Å². The van der Waals surface area contributed by atoms with E-state index in [0.717, 1.165) is 28.1 Å². The number of nitrogens with one attached hydrogen (secondary N) is 1. The van der Waals surface area contributed by atoms with Crippen molar-refractivity contribution in [3.05, 3.63) is 69.5 Å². The van der Waals surface area contributed by atoms with Crippen molar-refractivity contribution in [1.82, 2.24) is 15.0 Å². The van der Waals surface area contributed by atoms with E-state index in [9.17, 15) is 4.79 Å². The zero-order valence-electron chi connectivity index (χ0n) is 14.6. The second-order valence-corrected chi connectivity index (χ2v) is 6.58. The number of anilines is 1. The number of hydrogen-bond donors (Lipinski definition) is 1.